The van der Waals surface area contributed by atoms with Crippen LogP contribution < -0.4 is 5.73 Å². The zero-order chi connectivity index (χ0) is 11.4. The van der Waals surface area contributed by atoms with E-state index in [1.165, 1.54) is 12.1 Å². The van der Waals surface area contributed by atoms with Crippen LogP contribution in [0.4, 0.5) is 8.78 Å². The van der Waals surface area contributed by atoms with Crippen LogP contribution in [0.3, 0.4) is 0 Å². The second kappa shape index (κ2) is 5.21. The zero-order valence-corrected chi connectivity index (χ0v) is 9.13. The van der Waals surface area contributed by atoms with E-state index < -0.39 is 11.6 Å². The Morgan fingerprint density at radius 2 is 1.73 bits per heavy atom. The lowest BCUT2D eigenvalue weighted by Crippen LogP contribution is -2.30. The standard InChI is InChI=1S/C12H17F2N/c1-3-8(2)12(15)6-9-4-10(13)7-11(14)5-9/h4-5,7-8,12H,3,6,15H2,1-2H3. The normalized spacial score (nSPS) is 15.0. The van der Waals surface area contributed by atoms with Gasteiger partial charge in [0.1, 0.15) is 11.6 Å². The van der Waals surface area contributed by atoms with Crippen molar-refractivity contribution >= 4 is 0 Å². The Balaban J connectivity index is 2.72. The quantitative estimate of drug-likeness (QED) is 0.817. The molecule has 1 rings (SSSR count). The molecule has 0 bridgehead atoms. The molecule has 2 unspecified atom stereocenters. The minimum atomic E-state index is -0.540. The van der Waals surface area contributed by atoms with E-state index in [1.54, 1.807) is 0 Å². The second-order valence-corrected chi connectivity index (χ2v) is 4.03. The number of rotatable bonds is 4. The summed E-state index contributed by atoms with van der Waals surface area (Å²) in [6, 6.07) is 3.51. The number of halogens is 2. The SMILES string of the molecule is CCC(C)C(N)Cc1cc(F)cc(F)c1. The fourth-order valence-electron chi connectivity index (χ4n) is 1.50. The highest BCUT2D eigenvalue weighted by molar-refractivity contribution is 5.19. The van der Waals surface area contributed by atoms with Gasteiger partial charge in [-0.3, -0.25) is 0 Å². The molecule has 1 aromatic rings. The Labute approximate surface area is 89.3 Å². The largest absolute Gasteiger partial charge is 0.327 e. The predicted molar refractivity (Wildman–Crippen MR) is 57.5 cm³/mol. The zero-order valence-electron chi connectivity index (χ0n) is 9.13. The molecule has 0 radical (unpaired) electrons. The van der Waals surface area contributed by atoms with Crippen LogP contribution in [0, 0.1) is 17.6 Å². The first kappa shape index (κ1) is 12.1. The minimum Gasteiger partial charge on any atom is -0.327 e. The fraction of sp³-hybridized carbons (Fsp3) is 0.500. The van der Waals surface area contributed by atoms with Gasteiger partial charge in [0, 0.05) is 12.1 Å². The van der Waals surface area contributed by atoms with Crippen molar-refractivity contribution in [2.75, 3.05) is 0 Å². The number of nitrogens with two attached hydrogens (primary N) is 1. The first-order valence-corrected chi connectivity index (χ1v) is 5.23. The molecule has 0 saturated carbocycles. The van der Waals surface area contributed by atoms with Crippen LogP contribution in [0.1, 0.15) is 25.8 Å². The maximum Gasteiger partial charge on any atom is 0.126 e. The number of hydrogen-bond donors (Lipinski definition) is 1. The summed E-state index contributed by atoms with van der Waals surface area (Å²) in [5.41, 5.74) is 6.54. The van der Waals surface area contributed by atoms with Gasteiger partial charge >= 0.3 is 0 Å². The third-order valence-electron chi connectivity index (χ3n) is 2.77. The first-order chi connectivity index (χ1) is 7.02. The van der Waals surface area contributed by atoms with Gasteiger partial charge in [0.25, 0.3) is 0 Å². The minimum absolute atomic E-state index is 0.0452. The number of hydrogen-bond acceptors (Lipinski definition) is 1. The van der Waals surface area contributed by atoms with Gasteiger partial charge in [0.05, 0.1) is 0 Å². The smallest absolute Gasteiger partial charge is 0.126 e. The van der Waals surface area contributed by atoms with Gasteiger partial charge in [-0.15, -0.1) is 0 Å². The van der Waals surface area contributed by atoms with Crippen LogP contribution in [0.5, 0.6) is 0 Å². The highest BCUT2D eigenvalue weighted by Crippen LogP contribution is 2.14. The van der Waals surface area contributed by atoms with E-state index in [4.69, 9.17) is 5.73 Å². The van der Waals surface area contributed by atoms with Crippen molar-refractivity contribution in [3.63, 3.8) is 0 Å². The monoisotopic (exact) mass is 213 g/mol. The van der Waals surface area contributed by atoms with Crippen molar-refractivity contribution in [1.29, 1.82) is 0 Å². The lowest BCUT2D eigenvalue weighted by molar-refractivity contribution is 0.438. The summed E-state index contributed by atoms with van der Waals surface area (Å²) in [6.07, 6.45) is 1.49. The molecule has 2 N–H and O–H groups in total. The molecule has 0 aliphatic rings. The van der Waals surface area contributed by atoms with E-state index in [-0.39, 0.29) is 6.04 Å². The fourth-order valence-corrected chi connectivity index (χ4v) is 1.50. The van der Waals surface area contributed by atoms with E-state index >= 15 is 0 Å². The highest BCUT2D eigenvalue weighted by atomic mass is 19.1. The van der Waals surface area contributed by atoms with Gasteiger partial charge < -0.3 is 5.73 Å². The molecule has 0 heterocycles. The summed E-state index contributed by atoms with van der Waals surface area (Å²) in [7, 11) is 0. The van der Waals surface area contributed by atoms with Crippen molar-refractivity contribution in [3.05, 3.63) is 35.4 Å². The Bertz CT molecular complexity index is 305. The molecule has 2 atom stereocenters. The van der Waals surface area contributed by atoms with Crippen molar-refractivity contribution in [3.8, 4) is 0 Å². The van der Waals surface area contributed by atoms with Crippen molar-refractivity contribution in [2.45, 2.75) is 32.7 Å². The van der Waals surface area contributed by atoms with Crippen molar-refractivity contribution < 1.29 is 8.78 Å². The number of benzene rings is 1. The first-order valence-electron chi connectivity index (χ1n) is 5.23. The molecule has 1 aromatic carbocycles. The van der Waals surface area contributed by atoms with Crippen molar-refractivity contribution in [1.82, 2.24) is 0 Å². The van der Waals surface area contributed by atoms with Crippen LogP contribution >= 0.6 is 0 Å². The van der Waals surface area contributed by atoms with Crippen LogP contribution in [-0.4, -0.2) is 6.04 Å². The van der Waals surface area contributed by atoms with E-state index in [9.17, 15) is 8.78 Å². The molecular weight excluding hydrogens is 196 g/mol. The molecule has 0 aliphatic heterocycles. The lowest BCUT2D eigenvalue weighted by atomic mass is 9.94. The molecule has 0 spiro atoms. The lowest BCUT2D eigenvalue weighted by Gasteiger charge is -2.18. The van der Waals surface area contributed by atoms with Gasteiger partial charge in [-0.1, -0.05) is 20.3 Å². The summed E-state index contributed by atoms with van der Waals surface area (Å²) in [5.74, 6) is -0.723. The van der Waals surface area contributed by atoms with Gasteiger partial charge in [0.2, 0.25) is 0 Å². The maximum atomic E-state index is 12.9. The van der Waals surface area contributed by atoms with E-state index in [2.05, 4.69) is 6.92 Å². The summed E-state index contributed by atoms with van der Waals surface area (Å²) < 4.78 is 25.8. The molecule has 3 heteroatoms. The molecule has 0 amide bonds. The third kappa shape index (κ3) is 3.59. The van der Waals surface area contributed by atoms with Gasteiger partial charge in [-0.05, 0) is 30.0 Å². The van der Waals surface area contributed by atoms with Gasteiger partial charge in [-0.25, -0.2) is 8.78 Å². The molecular formula is C12H17F2N. The Hall–Kier alpha value is -0.960. The van der Waals surface area contributed by atoms with E-state index in [0.717, 1.165) is 12.5 Å². The van der Waals surface area contributed by atoms with E-state index in [1.807, 2.05) is 6.92 Å². The van der Waals surface area contributed by atoms with Crippen LogP contribution in [0.2, 0.25) is 0 Å². The second-order valence-electron chi connectivity index (χ2n) is 4.03. The summed E-state index contributed by atoms with van der Waals surface area (Å²) >= 11 is 0. The molecule has 0 aliphatic carbocycles. The molecule has 0 saturated heterocycles. The molecule has 0 fully saturated rings. The van der Waals surface area contributed by atoms with Crippen LogP contribution in [0.15, 0.2) is 18.2 Å². The summed E-state index contributed by atoms with van der Waals surface area (Å²) in [4.78, 5) is 0. The Morgan fingerprint density at radius 3 is 2.20 bits per heavy atom. The predicted octanol–water partition coefficient (Wildman–Crippen LogP) is 2.88. The molecule has 1 nitrogen and oxygen atoms in total. The summed E-state index contributed by atoms with van der Waals surface area (Å²) in [5, 5.41) is 0. The van der Waals surface area contributed by atoms with Gasteiger partial charge in [0.15, 0.2) is 0 Å². The third-order valence-corrected chi connectivity index (χ3v) is 2.77. The molecule has 0 aromatic heterocycles. The Morgan fingerprint density at radius 1 is 1.20 bits per heavy atom. The van der Waals surface area contributed by atoms with E-state index in [0.29, 0.717) is 17.9 Å². The average Bonchev–Trinajstić information content (AvgIpc) is 2.14. The summed E-state index contributed by atoms with van der Waals surface area (Å²) in [6.45, 7) is 4.09. The highest BCUT2D eigenvalue weighted by Gasteiger charge is 2.12. The average molecular weight is 213 g/mol. The Kier molecular flexibility index (Phi) is 4.21. The maximum absolute atomic E-state index is 12.9. The molecule has 84 valence electrons. The topological polar surface area (TPSA) is 26.0 Å². The molecule has 15 heavy (non-hydrogen) atoms. The van der Waals surface area contributed by atoms with Crippen LogP contribution in [-0.2, 0) is 6.42 Å². The van der Waals surface area contributed by atoms with Gasteiger partial charge in [-0.2, -0.15) is 0 Å². The van der Waals surface area contributed by atoms with Crippen LogP contribution in [0.25, 0.3) is 0 Å². The van der Waals surface area contributed by atoms with Crippen molar-refractivity contribution in [2.24, 2.45) is 11.7 Å².